The molecule has 2 nitrogen and oxygen atoms in total. The summed E-state index contributed by atoms with van der Waals surface area (Å²) in [5.41, 5.74) is 3.84. The molecule has 0 bridgehead atoms. The van der Waals surface area contributed by atoms with Crippen LogP contribution in [0, 0.1) is 6.92 Å². The van der Waals surface area contributed by atoms with Crippen LogP contribution in [0.3, 0.4) is 0 Å². The summed E-state index contributed by atoms with van der Waals surface area (Å²) in [6.07, 6.45) is 3.84. The molecule has 0 spiro atoms. The highest BCUT2D eigenvalue weighted by atomic mass is 32.2. The van der Waals surface area contributed by atoms with Gasteiger partial charge in [0.05, 0.1) is 0 Å². The average molecular weight is 286 g/mol. The zero-order valence-corrected chi connectivity index (χ0v) is 13.2. The molecule has 0 aliphatic carbocycles. The fourth-order valence-electron chi connectivity index (χ4n) is 2.14. The molecule has 1 unspecified atom stereocenters. The van der Waals surface area contributed by atoms with E-state index in [2.05, 4.69) is 61.4 Å². The predicted molar refractivity (Wildman–Crippen MR) is 87.1 cm³/mol. The van der Waals surface area contributed by atoms with Crippen molar-refractivity contribution in [3.8, 4) is 0 Å². The Bertz CT molecular complexity index is 537. The Kier molecular flexibility index (Phi) is 5.62. The molecule has 2 rings (SSSR count). The van der Waals surface area contributed by atoms with Gasteiger partial charge in [0.1, 0.15) is 0 Å². The van der Waals surface area contributed by atoms with E-state index in [9.17, 15) is 0 Å². The molecule has 20 heavy (non-hydrogen) atoms. The van der Waals surface area contributed by atoms with E-state index in [1.165, 1.54) is 21.6 Å². The molecule has 0 radical (unpaired) electrons. The van der Waals surface area contributed by atoms with Crippen molar-refractivity contribution in [3.05, 3.63) is 59.4 Å². The minimum atomic E-state index is 0.417. The molecule has 3 heteroatoms. The summed E-state index contributed by atoms with van der Waals surface area (Å²) in [5, 5.41) is 3.43. The Morgan fingerprint density at radius 2 is 1.95 bits per heavy atom. The number of nitrogens with one attached hydrogen (secondary N) is 1. The second-order valence-electron chi connectivity index (χ2n) is 5.01. The van der Waals surface area contributed by atoms with Crippen molar-refractivity contribution in [2.45, 2.75) is 37.5 Å². The number of pyridine rings is 1. The number of thioether (sulfide) groups is 1. The van der Waals surface area contributed by atoms with Crippen molar-refractivity contribution in [3.63, 3.8) is 0 Å². The lowest BCUT2D eigenvalue weighted by atomic mass is 10.1. The SMILES string of the molecule is CCNC(C)c1ccc(SCc2cncc(C)c2)cc1. The Balaban J connectivity index is 1.94. The molecular formula is C17H22N2S. The van der Waals surface area contributed by atoms with Crippen LogP contribution in [0.25, 0.3) is 0 Å². The number of benzene rings is 1. The smallest absolute Gasteiger partial charge is 0.0308 e. The molecule has 0 saturated carbocycles. The van der Waals surface area contributed by atoms with Crippen LogP contribution in [0.2, 0.25) is 0 Å². The average Bonchev–Trinajstić information content (AvgIpc) is 2.46. The van der Waals surface area contributed by atoms with E-state index in [4.69, 9.17) is 0 Å². The standard InChI is InChI=1S/C17H22N2S/c1-4-19-14(3)16-5-7-17(8-6-16)20-12-15-9-13(2)10-18-11-15/h5-11,14,19H,4,12H2,1-3H3. The first-order chi connectivity index (χ1) is 9.69. The van der Waals surface area contributed by atoms with E-state index >= 15 is 0 Å². The van der Waals surface area contributed by atoms with Crippen molar-refractivity contribution in [1.29, 1.82) is 0 Å². The highest BCUT2D eigenvalue weighted by Gasteiger charge is 2.03. The summed E-state index contributed by atoms with van der Waals surface area (Å²) in [4.78, 5) is 5.54. The fraction of sp³-hybridized carbons (Fsp3) is 0.353. The van der Waals surface area contributed by atoms with Gasteiger partial charge in [-0.05, 0) is 49.2 Å². The van der Waals surface area contributed by atoms with Gasteiger partial charge in [0, 0.05) is 29.1 Å². The van der Waals surface area contributed by atoms with Gasteiger partial charge in [0.15, 0.2) is 0 Å². The lowest BCUT2D eigenvalue weighted by Gasteiger charge is -2.13. The summed E-state index contributed by atoms with van der Waals surface area (Å²) in [5.74, 6) is 0.969. The van der Waals surface area contributed by atoms with Gasteiger partial charge in [0.2, 0.25) is 0 Å². The van der Waals surface area contributed by atoms with Crippen molar-refractivity contribution in [2.24, 2.45) is 0 Å². The van der Waals surface area contributed by atoms with Crippen molar-refractivity contribution < 1.29 is 0 Å². The first kappa shape index (κ1) is 15.1. The Hall–Kier alpha value is -1.32. The molecule has 1 aromatic heterocycles. The van der Waals surface area contributed by atoms with Gasteiger partial charge in [-0.1, -0.05) is 25.1 Å². The van der Waals surface area contributed by atoms with E-state index in [0.717, 1.165) is 12.3 Å². The number of hydrogen-bond acceptors (Lipinski definition) is 3. The van der Waals surface area contributed by atoms with E-state index in [1.807, 2.05) is 24.2 Å². The van der Waals surface area contributed by atoms with Gasteiger partial charge in [-0.2, -0.15) is 0 Å². The van der Waals surface area contributed by atoms with Gasteiger partial charge in [-0.25, -0.2) is 0 Å². The third kappa shape index (κ3) is 4.36. The van der Waals surface area contributed by atoms with Gasteiger partial charge in [-0.15, -0.1) is 11.8 Å². The maximum Gasteiger partial charge on any atom is 0.0308 e. The number of aryl methyl sites for hydroxylation is 1. The summed E-state index contributed by atoms with van der Waals surface area (Å²) in [7, 11) is 0. The van der Waals surface area contributed by atoms with Crippen molar-refractivity contribution in [1.82, 2.24) is 10.3 Å². The van der Waals surface area contributed by atoms with Crippen LogP contribution < -0.4 is 5.32 Å². The van der Waals surface area contributed by atoms with Crippen LogP contribution >= 0.6 is 11.8 Å². The molecule has 0 fully saturated rings. The molecule has 0 aliphatic heterocycles. The van der Waals surface area contributed by atoms with Crippen molar-refractivity contribution in [2.75, 3.05) is 6.54 Å². The number of rotatable bonds is 6. The molecule has 1 heterocycles. The zero-order chi connectivity index (χ0) is 14.4. The zero-order valence-electron chi connectivity index (χ0n) is 12.4. The van der Waals surface area contributed by atoms with Crippen LogP contribution in [-0.2, 0) is 5.75 Å². The monoisotopic (exact) mass is 286 g/mol. The first-order valence-electron chi connectivity index (χ1n) is 7.05. The van der Waals surface area contributed by atoms with Crippen LogP contribution in [0.1, 0.15) is 36.6 Å². The molecule has 0 aliphatic rings. The van der Waals surface area contributed by atoms with Gasteiger partial charge in [-0.3, -0.25) is 4.98 Å². The number of hydrogen-bond donors (Lipinski definition) is 1. The largest absolute Gasteiger partial charge is 0.310 e. The summed E-state index contributed by atoms with van der Waals surface area (Å²) >= 11 is 1.86. The van der Waals surface area contributed by atoms with Crippen LogP contribution in [0.15, 0.2) is 47.6 Å². The lowest BCUT2D eigenvalue weighted by Crippen LogP contribution is -2.17. The van der Waals surface area contributed by atoms with Crippen LogP contribution in [0.5, 0.6) is 0 Å². The lowest BCUT2D eigenvalue weighted by molar-refractivity contribution is 0.598. The third-order valence-electron chi connectivity index (χ3n) is 3.23. The molecule has 1 N–H and O–H groups in total. The van der Waals surface area contributed by atoms with E-state index in [0.29, 0.717) is 6.04 Å². The van der Waals surface area contributed by atoms with E-state index in [1.54, 1.807) is 0 Å². The minimum absolute atomic E-state index is 0.417. The summed E-state index contributed by atoms with van der Waals surface area (Å²) in [6, 6.07) is 11.4. The molecule has 1 atom stereocenters. The summed E-state index contributed by atoms with van der Waals surface area (Å²) < 4.78 is 0. The van der Waals surface area contributed by atoms with Gasteiger partial charge >= 0.3 is 0 Å². The Labute approximate surface area is 126 Å². The second kappa shape index (κ2) is 7.46. The maximum atomic E-state index is 4.23. The Morgan fingerprint density at radius 3 is 2.60 bits per heavy atom. The first-order valence-corrected chi connectivity index (χ1v) is 8.04. The maximum absolute atomic E-state index is 4.23. The van der Waals surface area contributed by atoms with Gasteiger partial charge < -0.3 is 5.32 Å². The number of aromatic nitrogens is 1. The molecular weight excluding hydrogens is 264 g/mol. The second-order valence-corrected chi connectivity index (χ2v) is 6.06. The fourth-order valence-corrected chi connectivity index (χ4v) is 2.96. The highest BCUT2D eigenvalue weighted by Crippen LogP contribution is 2.24. The van der Waals surface area contributed by atoms with E-state index in [-0.39, 0.29) is 0 Å². The third-order valence-corrected chi connectivity index (χ3v) is 4.31. The molecule has 1 aromatic carbocycles. The summed E-state index contributed by atoms with van der Waals surface area (Å²) in [6.45, 7) is 7.41. The van der Waals surface area contributed by atoms with Gasteiger partial charge in [0.25, 0.3) is 0 Å². The quantitative estimate of drug-likeness (QED) is 0.799. The molecule has 106 valence electrons. The molecule has 0 amide bonds. The van der Waals surface area contributed by atoms with Crippen LogP contribution in [-0.4, -0.2) is 11.5 Å². The van der Waals surface area contributed by atoms with Crippen molar-refractivity contribution >= 4 is 11.8 Å². The normalized spacial score (nSPS) is 12.3. The Morgan fingerprint density at radius 1 is 1.20 bits per heavy atom. The minimum Gasteiger partial charge on any atom is -0.310 e. The topological polar surface area (TPSA) is 24.9 Å². The van der Waals surface area contributed by atoms with E-state index < -0.39 is 0 Å². The highest BCUT2D eigenvalue weighted by molar-refractivity contribution is 7.98. The molecule has 2 aromatic rings. The number of nitrogens with zero attached hydrogens (tertiary/aromatic N) is 1. The molecule has 0 saturated heterocycles. The predicted octanol–water partition coefficient (Wildman–Crippen LogP) is 4.35. The van der Waals surface area contributed by atoms with Crippen LogP contribution in [0.4, 0.5) is 0 Å².